The van der Waals surface area contributed by atoms with Crippen LogP contribution >= 0.6 is 11.8 Å². The molecule has 8 heteroatoms. The van der Waals surface area contributed by atoms with Crippen LogP contribution in [-0.2, 0) is 21.8 Å². The number of aryl methyl sites for hydroxylation is 1. The van der Waals surface area contributed by atoms with Crippen LogP contribution in [0.5, 0.6) is 0 Å². The predicted molar refractivity (Wildman–Crippen MR) is 63.3 cm³/mol. The van der Waals surface area contributed by atoms with E-state index < -0.39 is 23.6 Å². The van der Waals surface area contributed by atoms with Gasteiger partial charge in [0.1, 0.15) is 5.25 Å². The van der Waals surface area contributed by atoms with Gasteiger partial charge in [-0.1, -0.05) is 12.1 Å². The van der Waals surface area contributed by atoms with Gasteiger partial charge in [0, 0.05) is 6.42 Å². The Morgan fingerprint density at radius 2 is 2.17 bits per heavy atom. The maximum atomic E-state index is 10.8. The number of nitrogens with zero attached hydrogens (tertiary/aromatic N) is 2. The highest BCUT2D eigenvalue weighted by atomic mass is 32.2. The van der Waals surface area contributed by atoms with Crippen LogP contribution in [0.3, 0.4) is 0 Å². The summed E-state index contributed by atoms with van der Waals surface area (Å²) in [6.07, 6.45) is 1.16. The molecule has 2 N–H and O–H groups in total. The Bertz CT molecular complexity index is 420. The van der Waals surface area contributed by atoms with Crippen LogP contribution in [0.15, 0.2) is 4.52 Å². The normalized spacial score (nSPS) is 12.3. The average Bonchev–Trinajstić information content (AvgIpc) is 2.72. The molecule has 0 fully saturated rings. The van der Waals surface area contributed by atoms with E-state index in [0.717, 1.165) is 18.2 Å². The summed E-state index contributed by atoms with van der Waals surface area (Å²) in [6, 6.07) is 0. The summed E-state index contributed by atoms with van der Waals surface area (Å²) >= 11 is 0.966. The number of hydrogen-bond acceptors (Lipinski definition) is 6. The molecule has 0 aliphatic rings. The Morgan fingerprint density at radius 1 is 1.44 bits per heavy atom. The van der Waals surface area contributed by atoms with Crippen molar-refractivity contribution >= 4 is 23.7 Å². The molecule has 0 aliphatic heterocycles. The molecule has 0 unspecified atom stereocenters. The maximum absolute atomic E-state index is 10.8. The number of carbonyl (C=O) groups is 2. The van der Waals surface area contributed by atoms with Gasteiger partial charge in [-0.3, -0.25) is 9.59 Å². The second-order valence-corrected chi connectivity index (χ2v) is 4.78. The third-order valence-electron chi connectivity index (χ3n) is 2.03. The van der Waals surface area contributed by atoms with E-state index >= 15 is 0 Å². The van der Waals surface area contributed by atoms with E-state index in [1.54, 1.807) is 0 Å². The van der Waals surface area contributed by atoms with Crippen LogP contribution < -0.4 is 0 Å². The van der Waals surface area contributed by atoms with Gasteiger partial charge in [-0.25, -0.2) is 0 Å². The molecule has 0 bridgehead atoms. The lowest BCUT2D eigenvalue weighted by Gasteiger charge is -2.06. The van der Waals surface area contributed by atoms with E-state index in [9.17, 15) is 9.59 Å². The van der Waals surface area contributed by atoms with Crippen LogP contribution in [0, 0.1) is 0 Å². The summed E-state index contributed by atoms with van der Waals surface area (Å²) in [5, 5.41) is 20.1. The molecule has 1 rings (SSSR count). The summed E-state index contributed by atoms with van der Waals surface area (Å²) in [5.74, 6) is -1.21. The van der Waals surface area contributed by atoms with Crippen LogP contribution in [0.25, 0.3) is 0 Å². The molecule has 0 spiro atoms. The first-order valence-electron chi connectivity index (χ1n) is 5.40. The first-order valence-corrected chi connectivity index (χ1v) is 6.45. The summed E-state index contributed by atoms with van der Waals surface area (Å²) in [4.78, 5) is 25.4. The van der Waals surface area contributed by atoms with Crippen molar-refractivity contribution in [2.45, 2.75) is 37.2 Å². The largest absolute Gasteiger partial charge is 0.481 e. The Labute approximate surface area is 108 Å². The summed E-state index contributed by atoms with van der Waals surface area (Å²) in [7, 11) is 0. The fourth-order valence-electron chi connectivity index (χ4n) is 1.22. The summed E-state index contributed by atoms with van der Waals surface area (Å²) < 4.78 is 4.93. The van der Waals surface area contributed by atoms with Crippen LogP contribution in [-0.4, -0.2) is 37.5 Å². The summed E-state index contributed by atoms with van der Waals surface area (Å²) in [6.45, 7) is 1.98. The molecular formula is C10H14N2O5S. The topological polar surface area (TPSA) is 114 Å². The second kappa shape index (κ2) is 7.00. The van der Waals surface area contributed by atoms with Crippen molar-refractivity contribution in [3.63, 3.8) is 0 Å². The Morgan fingerprint density at radius 3 is 2.72 bits per heavy atom. The molecule has 1 aromatic rings. The highest BCUT2D eigenvalue weighted by Gasteiger charge is 2.22. The van der Waals surface area contributed by atoms with Crippen molar-refractivity contribution in [2.24, 2.45) is 0 Å². The third-order valence-corrected chi connectivity index (χ3v) is 3.21. The van der Waals surface area contributed by atoms with Crippen molar-refractivity contribution in [1.29, 1.82) is 0 Å². The first-order chi connectivity index (χ1) is 8.52. The molecule has 0 aliphatic carbocycles. The molecule has 0 saturated carbocycles. The molecule has 0 amide bonds. The Hall–Kier alpha value is -1.57. The van der Waals surface area contributed by atoms with Gasteiger partial charge in [0.15, 0.2) is 5.82 Å². The van der Waals surface area contributed by atoms with Crippen molar-refractivity contribution in [3.8, 4) is 0 Å². The molecule has 1 heterocycles. The van der Waals surface area contributed by atoms with Gasteiger partial charge in [-0.05, 0) is 6.42 Å². The standard InChI is InChI=1S/C10H14N2O5S/c1-2-3-7-11-8(17-12-7)5-18-6(10(15)16)4-9(13)14/h6H,2-5H2,1H3,(H,13,14)(H,15,16)/t6-/m1/s1. The van der Waals surface area contributed by atoms with E-state index in [0.29, 0.717) is 18.1 Å². The van der Waals surface area contributed by atoms with Crippen molar-refractivity contribution < 1.29 is 24.3 Å². The van der Waals surface area contributed by atoms with Crippen LogP contribution in [0.1, 0.15) is 31.5 Å². The van der Waals surface area contributed by atoms with Gasteiger partial charge < -0.3 is 14.7 Å². The lowest BCUT2D eigenvalue weighted by molar-refractivity contribution is -0.142. The zero-order valence-corrected chi connectivity index (χ0v) is 10.6. The number of aliphatic carboxylic acids is 2. The molecule has 1 atom stereocenters. The molecule has 18 heavy (non-hydrogen) atoms. The number of aromatic nitrogens is 2. The Balaban J connectivity index is 2.50. The van der Waals surface area contributed by atoms with Gasteiger partial charge in [0.25, 0.3) is 0 Å². The summed E-state index contributed by atoms with van der Waals surface area (Å²) in [5.41, 5.74) is 0. The molecule has 100 valence electrons. The number of thioether (sulfide) groups is 1. The molecule has 0 saturated heterocycles. The Kier molecular flexibility index (Phi) is 5.63. The SMILES string of the molecule is CCCc1noc(CS[C@H](CC(=O)O)C(=O)O)n1. The monoisotopic (exact) mass is 274 g/mol. The first kappa shape index (κ1) is 14.5. The highest BCUT2D eigenvalue weighted by Crippen LogP contribution is 2.20. The van der Waals surface area contributed by atoms with E-state index in [1.165, 1.54) is 0 Å². The van der Waals surface area contributed by atoms with Gasteiger partial charge in [-0.2, -0.15) is 4.98 Å². The van der Waals surface area contributed by atoms with Gasteiger partial charge in [0.2, 0.25) is 5.89 Å². The van der Waals surface area contributed by atoms with Gasteiger partial charge in [0.05, 0.1) is 12.2 Å². The van der Waals surface area contributed by atoms with E-state index in [4.69, 9.17) is 14.7 Å². The smallest absolute Gasteiger partial charge is 0.317 e. The maximum Gasteiger partial charge on any atom is 0.317 e. The number of carboxylic acids is 2. The highest BCUT2D eigenvalue weighted by molar-refractivity contribution is 7.99. The minimum atomic E-state index is -1.16. The fourth-order valence-corrected chi connectivity index (χ4v) is 2.09. The lowest BCUT2D eigenvalue weighted by atomic mass is 10.3. The van der Waals surface area contributed by atoms with Gasteiger partial charge in [-0.15, -0.1) is 11.8 Å². The van der Waals surface area contributed by atoms with Crippen molar-refractivity contribution in [2.75, 3.05) is 0 Å². The van der Waals surface area contributed by atoms with Crippen LogP contribution in [0.2, 0.25) is 0 Å². The van der Waals surface area contributed by atoms with Gasteiger partial charge >= 0.3 is 11.9 Å². The zero-order valence-electron chi connectivity index (χ0n) is 9.83. The van der Waals surface area contributed by atoms with E-state index in [1.807, 2.05) is 6.92 Å². The number of hydrogen-bond donors (Lipinski definition) is 2. The van der Waals surface area contributed by atoms with Crippen LogP contribution in [0.4, 0.5) is 0 Å². The minimum Gasteiger partial charge on any atom is -0.481 e. The zero-order chi connectivity index (χ0) is 13.5. The van der Waals surface area contributed by atoms with Crippen molar-refractivity contribution in [3.05, 3.63) is 11.7 Å². The quantitative estimate of drug-likeness (QED) is 0.726. The fraction of sp³-hybridized carbons (Fsp3) is 0.600. The third kappa shape index (κ3) is 4.74. The lowest BCUT2D eigenvalue weighted by Crippen LogP contribution is -2.20. The van der Waals surface area contributed by atoms with E-state index in [2.05, 4.69) is 10.1 Å². The molecule has 0 aromatic carbocycles. The number of rotatable bonds is 8. The minimum absolute atomic E-state index is 0.195. The van der Waals surface area contributed by atoms with E-state index in [-0.39, 0.29) is 5.75 Å². The molecule has 1 aromatic heterocycles. The molecule has 7 nitrogen and oxygen atoms in total. The molecule has 0 radical (unpaired) electrons. The average molecular weight is 274 g/mol. The predicted octanol–water partition coefficient (Wildman–Crippen LogP) is 1.18. The number of carboxylic acid groups (broad SMARTS) is 2. The molecular weight excluding hydrogens is 260 g/mol. The van der Waals surface area contributed by atoms with Crippen molar-refractivity contribution in [1.82, 2.24) is 10.1 Å². The second-order valence-electron chi connectivity index (χ2n) is 3.59.